The Hall–Kier alpha value is -7.06. The minimum absolute atomic E-state index is 0.00234. The van der Waals surface area contributed by atoms with Crippen LogP contribution in [0.2, 0.25) is 0 Å². The average Bonchev–Trinajstić information content (AvgIpc) is 3.51. The van der Waals surface area contributed by atoms with Gasteiger partial charge < -0.3 is 0 Å². The third kappa shape index (κ3) is 5.58. The second-order valence-corrected chi connectivity index (χ2v) is 18.5. The fourth-order valence-corrected chi connectivity index (χ4v) is 12.4. The lowest BCUT2D eigenvalue weighted by molar-refractivity contribution is 0.713. The molecule has 0 saturated heterocycles. The van der Waals surface area contributed by atoms with Crippen LogP contribution in [-0.2, 0) is 12.8 Å². The Labute approximate surface area is 366 Å². The van der Waals surface area contributed by atoms with E-state index in [1.165, 1.54) is 120 Å². The lowest BCUT2D eigenvalue weighted by atomic mass is 9.74. The molecule has 0 amide bonds. The number of hydrogen-bond donors (Lipinski definition) is 0. The fourth-order valence-electron chi connectivity index (χ4n) is 11.3. The van der Waals surface area contributed by atoms with Crippen molar-refractivity contribution in [3.63, 3.8) is 0 Å². The Morgan fingerprint density at radius 2 is 1.02 bits per heavy atom. The molecule has 2 atom stereocenters. The Balaban J connectivity index is 1.03. The van der Waals surface area contributed by atoms with Crippen LogP contribution in [0.25, 0.3) is 75.1 Å². The molecular weight excluding hydrogens is 765 g/mol. The summed E-state index contributed by atoms with van der Waals surface area (Å²) in [4.78, 5) is 0. The van der Waals surface area contributed by atoms with E-state index in [4.69, 9.17) is 0 Å². The number of rotatable bonds is 5. The first-order valence-electron chi connectivity index (χ1n) is 22.1. The van der Waals surface area contributed by atoms with Gasteiger partial charge in [0.2, 0.25) is 0 Å². The van der Waals surface area contributed by atoms with Gasteiger partial charge in [0.25, 0.3) is 0 Å². The summed E-state index contributed by atoms with van der Waals surface area (Å²) in [6.07, 6.45) is 3.00. The Kier molecular flexibility index (Phi) is 8.21. The van der Waals surface area contributed by atoms with Crippen LogP contribution in [0.1, 0.15) is 62.8 Å². The van der Waals surface area contributed by atoms with E-state index in [1.807, 2.05) is 11.3 Å². The van der Waals surface area contributed by atoms with Gasteiger partial charge in [-0.2, -0.15) is 0 Å². The molecule has 1 heteroatoms. The first-order valence-corrected chi connectivity index (χ1v) is 22.9. The van der Waals surface area contributed by atoms with E-state index in [-0.39, 0.29) is 11.8 Å². The standard InChI is InChI=1S/C61H42S/c1-2-15-44-39(13-1)31-33-51(48-19-6-5-17-46(44)48)49-20-7-8-22-53(49)60(40-29-27-38(28-30-40)41-32-34-59-57(36-41)52-21-9-10-26-58(52)62-59)55-25-11-14-42-35-43-37-56-50(23-12-24-54(56)61(42)55)47-18-4-3-16-45(43)47/h1-30,32,34,36-37,51,60H,31,33,35H2. The zero-order valence-corrected chi connectivity index (χ0v) is 35.1. The van der Waals surface area contributed by atoms with Gasteiger partial charge in [-0.1, -0.05) is 182 Å². The lowest BCUT2D eigenvalue weighted by Crippen LogP contribution is -2.13. The maximum Gasteiger partial charge on any atom is 0.0355 e. The molecule has 11 aromatic rings. The number of aryl methyl sites for hydroxylation is 1. The molecule has 2 aliphatic rings. The van der Waals surface area contributed by atoms with Crippen LogP contribution in [-0.4, -0.2) is 0 Å². The molecule has 0 radical (unpaired) electrons. The minimum atomic E-state index is -0.00234. The van der Waals surface area contributed by atoms with Gasteiger partial charge in [0.1, 0.15) is 0 Å². The second kappa shape index (κ2) is 14.3. The third-order valence-corrected chi connectivity index (χ3v) is 15.3. The van der Waals surface area contributed by atoms with Crippen molar-refractivity contribution >= 4 is 53.1 Å². The summed E-state index contributed by atoms with van der Waals surface area (Å²) in [7, 11) is 0. The molecule has 10 aromatic carbocycles. The van der Waals surface area contributed by atoms with Gasteiger partial charge in [-0.05, 0) is 143 Å². The van der Waals surface area contributed by atoms with Crippen LogP contribution in [0.15, 0.2) is 206 Å². The number of benzene rings is 10. The maximum atomic E-state index is 2.49. The smallest absolute Gasteiger partial charge is 0.0355 e. The molecule has 0 nitrogen and oxygen atoms in total. The molecule has 1 aromatic heterocycles. The van der Waals surface area contributed by atoms with Gasteiger partial charge in [-0.15, -0.1) is 11.3 Å². The van der Waals surface area contributed by atoms with Crippen LogP contribution in [0.5, 0.6) is 0 Å². The van der Waals surface area contributed by atoms with Crippen molar-refractivity contribution in [2.24, 2.45) is 0 Å². The van der Waals surface area contributed by atoms with Crippen LogP contribution in [0, 0.1) is 0 Å². The quantitative estimate of drug-likeness (QED) is 0.120. The highest BCUT2D eigenvalue weighted by molar-refractivity contribution is 7.25. The summed E-state index contributed by atoms with van der Waals surface area (Å²) in [5.74, 6) is 0.243. The van der Waals surface area contributed by atoms with Crippen LogP contribution >= 0.6 is 11.3 Å². The van der Waals surface area contributed by atoms with Gasteiger partial charge in [0.05, 0.1) is 0 Å². The van der Waals surface area contributed by atoms with E-state index >= 15 is 0 Å². The molecule has 0 aliphatic heterocycles. The van der Waals surface area contributed by atoms with Gasteiger partial charge in [0, 0.05) is 32.0 Å². The molecular formula is C61H42S. The van der Waals surface area contributed by atoms with E-state index in [2.05, 4.69) is 206 Å². The van der Waals surface area contributed by atoms with Gasteiger partial charge in [0.15, 0.2) is 0 Å². The highest BCUT2D eigenvalue weighted by Gasteiger charge is 2.31. The SMILES string of the molecule is c1ccc2c(c1)CCC(c1ccccc1C(c1ccc(-c3ccc4sc5ccccc5c4c3)cc1)c1cccc3c1-c1cccc4c1cc(c1ccccc14)C3)c1ccccc1-2. The summed E-state index contributed by atoms with van der Waals surface area (Å²) in [5, 5.41) is 8.05. The van der Waals surface area contributed by atoms with Crippen molar-refractivity contribution < 1.29 is 0 Å². The van der Waals surface area contributed by atoms with Crippen LogP contribution < -0.4 is 0 Å². The summed E-state index contributed by atoms with van der Waals surface area (Å²) >= 11 is 1.88. The monoisotopic (exact) mass is 806 g/mol. The van der Waals surface area contributed by atoms with Crippen LogP contribution in [0.4, 0.5) is 0 Å². The van der Waals surface area contributed by atoms with E-state index in [1.54, 1.807) is 0 Å². The number of thiophene rings is 1. The molecule has 0 N–H and O–H groups in total. The molecule has 2 aliphatic carbocycles. The predicted molar refractivity (Wildman–Crippen MR) is 264 cm³/mol. The molecule has 2 unspecified atom stereocenters. The maximum absolute atomic E-state index is 2.49. The van der Waals surface area contributed by atoms with Gasteiger partial charge >= 0.3 is 0 Å². The first kappa shape index (κ1) is 35.7. The van der Waals surface area contributed by atoms with Gasteiger partial charge in [-0.25, -0.2) is 0 Å². The molecule has 1 heterocycles. The zero-order chi connectivity index (χ0) is 40.7. The topological polar surface area (TPSA) is 0 Å². The Morgan fingerprint density at radius 3 is 1.92 bits per heavy atom. The average molecular weight is 807 g/mol. The zero-order valence-electron chi connectivity index (χ0n) is 34.3. The first-order chi connectivity index (χ1) is 30.7. The van der Waals surface area contributed by atoms with E-state index in [0.29, 0.717) is 0 Å². The molecule has 0 saturated carbocycles. The highest BCUT2D eigenvalue weighted by atomic mass is 32.1. The normalized spacial score (nSPS) is 14.7. The van der Waals surface area contributed by atoms with E-state index in [9.17, 15) is 0 Å². The van der Waals surface area contributed by atoms with Crippen LogP contribution in [0.3, 0.4) is 0 Å². The van der Waals surface area contributed by atoms with Crippen molar-refractivity contribution in [2.75, 3.05) is 0 Å². The van der Waals surface area contributed by atoms with Crippen molar-refractivity contribution in [2.45, 2.75) is 31.1 Å². The third-order valence-electron chi connectivity index (χ3n) is 14.1. The Bertz CT molecular complexity index is 3570. The molecule has 0 fully saturated rings. The summed E-state index contributed by atoms with van der Waals surface area (Å²) in [6.45, 7) is 0. The van der Waals surface area contributed by atoms with Crippen molar-refractivity contribution in [3.05, 3.63) is 251 Å². The summed E-state index contributed by atoms with van der Waals surface area (Å²) < 4.78 is 2.68. The van der Waals surface area contributed by atoms with Gasteiger partial charge in [-0.3, -0.25) is 0 Å². The molecule has 292 valence electrons. The number of fused-ring (bicyclic) bond motifs is 12. The number of hydrogen-bond acceptors (Lipinski definition) is 1. The fraction of sp³-hybridized carbons (Fsp3) is 0.0820. The highest BCUT2D eigenvalue weighted by Crippen LogP contribution is 2.50. The Morgan fingerprint density at radius 1 is 0.387 bits per heavy atom. The van der Waals surface area contributed by atoms with Crippen molar-refractivity contribution in [1.82, 2.24) is 0 Å². The molecule has 13 rings (SSSR count). The second-order valence-electron chi connectivity index (χ2n) is 17.4. The van der Waals surface area contributed by atoms with Crippen molar-refractivity contribution in [3.8, 4) is 33.4 Å². The minimum Gasteiger partial charge on any atom is -0.135 e. The summed E-state index contributed by atoms with van der Waals surface area (Å²) in [6, 6.07) is 78.7. The van der Waals surface area contributed by atoms with Crippen molar-refractivity contribution in [1.29, 1.82) is 0 Å². The van der Waals surface area contributed by atoms with E-state index in [0.717, 1.165) is 19.3 Å². The molecule has 0 spiro atoms. The lowest BCUT2D eigenvalue weighted by Gasteiger charge is -2.29. The summed E-state index contributed by atoms with van der Waals surface area (Å²) in [5.41, 5.74) is 19.1. The van der Waals surface area contributed by atoms with E-state index < -0.39 is 0 Å². The molecule has 62 heavy (non-hydrogen) atoms. The molecule has 2 bridgehead atoms. The largest absolute Gasteiger partial charge is 0.135 e. The predicted octanol–water partition coefficient (Wildman–Crippen LogP) is 16.5.